The summed E-state index contributed by atoms with van der Waals surface area (Å²) in [4.78, 5) is 9.61. The van der Waals surface area contributed by atoms with Crippen LogP contribution in [0.1, 0.15) is 18.5 Å². The number of piperidine rings is 1. The van der Waals surface area contributed by atoms with Crippen molar-refractivity contribution in [2.45, 2.75) is 19.4 Å². The van der Waals surface area contributed by atoms with Crippen molar-refractivity contribution in [3.8, 4) is 0 Å². The van der Waals surface area contributed by atoms with Crippen LogP contribution in [0.25, 0.3) is 0 Å². The molecule has 0 atom stereocenters. The van der Waals surface area contributed by atoms with Crippen LogP contribution in [0.4, 0.5) is 0 Å². The lowest BCUT2D eigenvalue weighted by atomic mass is 9.97. The van der Waals surface area contributed by atoms with Gasteiger partial charge in [-0.3, -0.25) is 9.88 Å². The van der Waals surface area contributed by atoms with E-state index in [0.717, 1.165) is 12.5 Å². The number of piperazine rings is 1. The van der Waals surface area contributed by atoms with Gasteiger partial charge < -0.3 is 10.2 Å². The molecule has 4 heteroatoms. The third-order valence-electron chi connectivity index (χ3n) is 4.55. The molecule has 110 valence electrons. The van der Waals surface area contributed by atoms with E-state index in [0.29, 0.717) is 0 Å². The molecule has 0 bridgehead atoms. The smallest absolute Gasteiger partial charge is 0.0543 e. The Morgan fingerprint density at radius 1 is 1.05 bits per heavy atom. The largest absolute Gasteiger partial charge is 0.317 e. The highest BCUT2D eigenvalue weighted by atomic mass is 15.3. The zero-order valence-electron chi connectivity index (χ0n) is 12.3. The first-order valence-corrected chi connectivity index (χ1v) is 7.95. The molecule has 2 fully saturated rings. The molecule has 2 saturated heterocycles. The van der Waals surface area contributed by atoms with Crippen LogP contribution in [0.2, 0.25) is 0 Å². The standard InChI is InChI=1S/C16H26N4/c1-2-6-18-16(3-1)14-20-11-9-19(10-12-20)13-15-4-7-17-8-5-15/h1-3,6,15,17H,4-5,7-14H2. The molecule has 0 radical (unpaired) electrons. The normalized spacial score (nSPS) is 23.0. The first-order valence-electron chi connectivity index (χ1n) is 7.95. The maximum absolute atomic E-state index is 4.42. The van der Waals surface area contributed by atoms with Gasteiger partial charge >= 0.3 is 0 Å². The monoisotopic (exact) mass is 274 g/mol. The van der Waals surface area contributed by atoms with Crippen molar-refractivity contribution in [1.82, 2.24) is 20.1 Å². The summed E-state index contributed by atoms with van der Waals surface area (Å²) >= 11 is 0. The minimum absolute atomic E-state index is 0.915. The summed E-state index contributed by atoms with van der Waals surface area (Å²) in [6.45, 7) is 9.53. The molecular weight excluding hydrogens is 248 g/mol. The van der Waals surface area contributed by atoms with Crippen molar-refractivity contribution >= 4 is 0 Å². The predicted molar refractivity (Wildman–Crippen MR) is 81.5 cm³/mol. The fourth-order valence-corrected chi connectivity index (χ4v) is 3.28. The van der Waals surface area contributed by atoms with Gasteiger partial charge in [-0.25, -0.2) is 0 Å². The van der Waals surface area contributed by atoms with Crippen LogP contribution >= 0.6 is 0 Å². The van der Waals surface area contributed by atoms with E-state index in [-0.39, 0.29) is 0 Å². The molecule has 0 unspecified atom stereocenters. The fourth-order valence-electron chi connectivity index (χ4n) is 3.28. The number of nitrogens with one attached hydrogen (secondary N) is 1. The number of pyridine rings is 1. The van der Waals surface area contributed by atoms with Gasteiger partial charge in [-0.1, -0.05) is 6.07 Å². The highest BCUT2D eigenvalue weighted by Crippen LogP contribution is 2.15. The summed E-state index contributed by atoms with van der Waals surface area (Å²) in [7, 11) is 0. The molecule has 0 saturated carbocycles. The minimum Gasteiger partial charge on any atom is -0.317 e. The fraction of sp³-hybridized carbons (Fsp3) is 0.688. The summed E-state index contributed by atoms with van der Waals surface area (Å²) in [6.07, 6.45) is 4.60. The molecule has 3 heterocycles. The van der Waals surface area contributed by atoms with E-state index in [4.69, 9.17) is 0 Å². The Morgan fingerprint density at radius 2 is 1.80 bits per heavy atom. The van der Waals surface area contributed by atoms with Crippen molar-refractivity contribution in [1.29, 1.82) is 0 Å². The van der Waals surface area contributed by atoms with Crippen molar-refractivity contribution in [3.63, 3.8) is 0 Å². The van der Waals surface area contributed by atoms with Crippen molar-refractivity contribution in [2.75, 3.05) is 45.8 Å². The molecule has 1 N–H and O–H groups in total. The Hall–Kier alpha value is -0.970. The maximum atomic E-state index is 4.42. The third kappa shape index (κ3) is 4.01. The van der Waals surface area contributed by atoms with Crippen LogP contribution in [0.5, 0.6) is 0 Å². The van der Waals surface area contributed by atoms with E-state index in [1.807, 2.05) is 12.3 Å². The van der Waals surface area contributed by atoms with Gasteiger partial charge in [-0.2, -0.15) is 0 Å². The first-order chi connectivity index (χ1) is 9.90. The second-order valence-corrected chi connectivity index (χ2v) is 6.09. The van der Waals surface area contributed by atoms with Crippen LogP contribution in [-0.2, 0) is 6.54 Å². The average Bonchev–Trinajstić information content (AvgIpc) is 2.51. The SMILES string of the molecule is c1ccc(CN2CCN(CC3CCNCC3)CC2)nc1. The Labute approximate surface area is 122 Å². The lowest BCUT2D eigenvalue weighted by Gasteiger charge is -2.37. The van der Waals surface area contributed by atoms with Crippen LogP contribution < -0.4 is 5.32 Å². The highest BCUT2D eigenvalue weighted by molar-refractivity contribution is 5.03. The number of hydrogen-bond acceptors (Lipinski definition) is 4. The summed E-state index contributed by atoms with van der Waals surface area (Å²) in [5.74, 6) is 0.915. The van der Waals surface area contributed by atoms with E-state index in [2.05, 4.69) is 32.2 Å². The van der Waals surface area contributed by atoms with Gasteiger partial charge in [0.2, 0.25) is 0 Å². The molecule has 2 aliphatic rings. The van der Waals surface area contributed by atoms with E-state index >= 15 is 0 Å². The van der Waals surface area contributed by atoms with E-state index in [9.17, 15) is 0 Å². The second-order valence-electron chi connectivity index (χ2n) is 6.09. The Morgan fingerprint density at radius 3 is 2.50 bits per heavy atom. The quantitative estimate of drug-likeness (QED) is 0.894. The summed E-state index contributed by atoms with van der Waals surface area (Å²) in [5, 5.41) is 3.45. The molecule has 0 spiro atoms. The molecule has 4 nitrogen and oxygen atoms in total. The van der Waals surface area contributed by atoms with Crippen LogP contribution in [0, 0.1) is 5.92 Å². The molecule has 3 rings (SSSR count). The van der Waals surface area contributed by atoms with Crippen molar-refractivity contribution < 1.29 is 0 Å². The van der Waals surface area contributed by atoms with Crippen LogP contribution in [-0.4, -0.2) is 60.6 Å². The molecule has 2 aliphatic heterocycles. The van der Waals surface area contributed by atoms with Gasteiger partial charge in [0.1, 0.15) is 0 Å². The molecule has 0 amide bonds. The maximum Gasteiger partial charge on any atom is 0.0543 e. The summed E-state index contributed by atoms with van der Waals surface area (Å²) in [6, 6.07) is 6.19. The Kier molecular flexibility index (Phi) is 5.01. The first kappa shape index (κ1) is 14.0. The Balaban J connectivity index is 1.40. The van der Waals surface area contributed by atoms with Gasteiger partial charge in [0, 0.05) is 45.5 Å². The van der Waals surface area contributed by atoms with Crippen LogP contribution in [0.3, 0.4) is 0 Å². The predicted octanol–water partition coefficient (Wildman–Crippen LogP) is 1.20. The number of nitrogens with zero attached hydrogens (tertiary/aromatic N) is 3. The number of aromatic nitrogens is 1. The number of hydrogen-bond donors (Lipinski definition) is 1. The lowest BCUT2D eigenvalue weighted by Crippen LogP contribution is -2.48. The van der Waals surface area contributed by atoms with Crippen molar-refractivity contribution in [3.05, 3.63) is 30.1 Å². The van der Waals surface area contributed by atoms with E-state index in [1.165, 1.54) is 64.3 Å². The zero-order valence-corrected chi connectivity index (χ0v) is 12.3. The van der Waals surface area contributed by atoms with Gasteiger partial charge in [-0.05, 0) is 44.0 Å². The summed E-state index contributed by atoms with van der Waals surface area (Å²) < 4.78 is 0. The van der Waals surface area contributed by atoms with Crippen molar-refractivity contribution in [2.24, 2.45) is 5.92 Å². The zero-order chi connectivity index (χ0) is 13.6. The number of rotatable bonds is 4. The average molecular weight is 274 g/mol. The molecule has 0 aromatic carbocycles. The molecule has 1 aromatic heterocycles. The highest BCUT2D eigenvalue weighted by Gasteiger charge is 2.21. The molecule has 20 heavy (non-hydrogen) atoms. The van der Waals surface area contributed by atoms with Gasteiger partial charge in [0.25, 0.3) is 0 Å². The topological polar surface area (TPSA) is 31.4 Å². The summed E-state index contributed by atoms with van der Waals surface area (Å²) in [5.41, 5.74) is 1.19. The van der Waals surface area contributed by atoms with Crippen LogP contribution in [0.15, 0.2) is 24.4 Å². The van der Waals surface area contributed by atoms with Gasteiger partial charge in [0.15, 0.2) is 0 Å². The lowest BCUT2D eigenvalue weighted by molar-refractivity contribution is 0.106. The Bertz CT molecular complexity index is 381. The third-order valence-corrected chi connectivity index (χ3v) is 4.55. The molecule has 0 aliphatic carbocycles. The van der Waals surface area contributed by atoms with Gasteiger partial charge in [0.05, 0.1) is 5.69 Å². The molecule has 1 aromatic rings. The second kappa shape index (κ2) is 7.16. The van der Waals surface area contributed by atoms with E-state index < -0.39 is 0 Å². The van der Waals surface area contributed by atoms with Gasteiger partial charge in [-0.15, -0.1) is 0 Å². The molecular formula is C16H26N4. The van der Waals surface area contributed by atoms with E-state index in [1.54, 1.807) is 0 Å². The minimum atomic E-state index is 0.915.